The number of rotatable bonds is 6. The first-order valence-corrected chi connectivity index (χ1v) is 7.74. The van der Waals surface area contributed by atoms with Gasteiger partial charge in [-0.15, -0.1) is 0 Å². The third kappa shape index (κ3) is 4.29. The lowest BCUT2D eigenvalue weighted by molar-refractivity contribution is -0.385. The molecule has 0 aliphatic carbocycles. The van der Waals surface area contributed by atoms with E-state index in [9.17, 15) is 24.8 Å². The van der Waals surface area contributed by atoms with Gasteiger partial charge in [-0.05, 0) is 37.8 Å². The van der Waals surface area contributed by atoms with Gasteiger partial charge in [0.25, 0.3) is 11.6 Å². The van der Waals surface area contributed by atoms with E-state index in [-0.39, 0.29) is 23.7 Å². The summed E-state index contributed by atoms with van der Waals surface area (Å²) < 4.78 is 5.23. The molecule has 2 rings (SSSR count). The number of carboxylic acids is 1. The number of aryl methyl sites for hydroxylation is 1. The Kier molecular flexibility index (Phi) is 5.86. The number of hydrogen-bond acceptors (Lipinski definition) is 5. The number of hydrogen-bond donors (Lipinski definition) is 2. The summed E-state index contributed by atoms with van der Waals surface area (Å²) in [5, 5.41) is 22.8. The Bertz CT molecular complexity index is 639. The number of nitro benzene ring substituents is 1. The summed E-state index contributed by atoms with van der Waals surface area (Å²) in [6, 6.07) is 4.07. The fourth-order valence-electron chi connectivity index (χ4n) is 2.88. The van der Waals surface area contributed by atoms with Gasteiger partial charge in [-0.2, -0.15) is 0 Å². The molecule has 2 N–H and O–H groups in total. The van der Waals surface area contributed by atoms with Crippen LogP contribution in [0.5, 0.6) is 0 Å². The van der Waals surface area contributed by atoms with Crippen molar-refractivity contribution >= 4 is 17.6 Å². The number of nitro groups is 1. The zero-order chi connectivity index (χ0) is 17.7. The van der Waals surface area contributed by atoms with Crippen LogP contribution in [-0.2, 0) is 9.53 Å². The van der Waals surface area contributed by atoms with Crippen molar-refractivity contribution in [2.24, 2.45) is 11.8 Å². The van der Waals surface area contributed by atoms with Gasteiger partial charge in [0, 0.05) is 37.0 Å². The van der Waals surface area contributed by atoms with Gasteiger partial charge in [-0.25, -0.2) is 0 Å². The second-order valence-electron chi connectivity index (χ2n) is 5.86. The van der Waals surface area contributed by atoms with Gasteiger partial charge in [0.05, 0.1) is 10.8 Å². The van der Waals surface area contributed by atoms with Crippen molar-refractivity contribution in [3.8, 4) is 0 Å². The van der Waals surface area contributed by atoms with Crippen LogP contribution in [0.3, 0.4) is 0 Å². The van der Waals surface area contributed by atoms with Gasteiger partial charge in [-0.1, -0.05) is 0 Å². The lowest BCUT2D eigenvalue weighted by Gasteiger charge is -2.27. The van der Waals surface area contributed by atoms with Crippen LogP contribution in [-0.4, -0.2) is 41.7 Å². The molecule has 0 radical (unpaired) electrons. The summed E-state index contributed by atoms with van der Waals surface area (Å²) in [5.74, 6) is -2.08. The minimum Gasteiger partial charge on any atom is -0.481 e. The standard InChI is InChI=1S/C16H20N2O6/c1-10-8-12(2-3-14(10)18(22)23)15(19)17-9-13(16(20)21)11-4-6-24-7-5-11/h2-3,8,11,13H,4-7,9H2,1H3,(H,17,19)(H,20,21). The SMILES string of the molecule is Cc1cc(C(=O)NCC(C(=O)O)C2CCOCC2)ccc1[N+](=O)[O-]. The number of carboxylic acid groups (broad SMARTS) is 1. The summed E-state index contributed by atoms with van der Waals surface area (Å²) in [4.78, 5) is 33.9. The van der Waals surface area contributed by atoms with Crippen LogP contribution in [0.25, 0.3) is 0 Å². The second-order valence-corrected chi connectivity index (χ2v) is 5.86. The van der Waals surface area contributed by atoms with Crippen molar-refractivity contribution in [3.63, 3.8) is 0 Å². The molecule has 1 amide bonds. The minimum absolute atomic E-state index is 0.0227. The number of ether oxygens (including phenoxy) is 1. The van der Waals surface area contributed by atoms with Crippen molar-refractivity contribution in [2.45, 2.75) is 19.8 Å². The zero-order valence-electron chi connectivity index (χ0n) is 13.4. The Morgan fingerprint density at radius 3 is 2.62 bits per heavy atom. The molecule has 0 aromatic heterocycles. The summed E-state index contributed by atoms with van der Waals surface area (Å²) in [5.41, 5.74) is 0.596. The van der Waals surface area contributed by atoms with E-state index < -0.39 is 22.7 Å². The third-order valence-corrected chi connectivity index (χ3v) is 4.29. The molecular formula is C16H20N2O6. The Morgan fingerprint density at radius 1 is 1.42 bits per heavy atom. The van der Waals surface area contributed by atoms with Crippen molar-refractivity contribution < 1.29 is 24.4 Å². The number of nitrogens with zero attached hydrogens (tertiary/aromatic N) is 1. The van der Waals surface area contributed by atoms with Crippen molar-refractivity contribution in [2.75, 3.05) is 19.8 Å². The highest BCUT2D eigenvalue weighted by Crippen LogP contribution is 2.24. The van der Waals surface area contributed by atoms with Gasteiger partial charge in [0.15, 0.2) is 0 Å². The lowest BCUT2D eigenvalue weighted by Crippen LogP contribution is -2.39. The topological polar surface area (TPSA) is 119 Å². The Morgan fingerprint density at radius 2 is 2.08 bits per heavy atom. The molecule has 1 atom stereocenters. The number of carbonyl (C=O) groups is 2. The summed E-state index contributed by atoms with van der Waals surface area (Å²) in [6.07, 6.45) is 1.31. The molecule has 0 saturated carbocycles. The van der Waals surface area contributed by atoms with Gasteiger partial charge < -0.3 is 15.2 Å². The van der Waals surface area contributed by atoms with Crippen LogP contribution in [0.15, 0.2) is 18.2 Å². The molecule has 8 nitrogen and oxygen atoms in total. The smallest absolute Gasteiger partial charge is 0.308 e. The molecule has 8 heteroatoms. The van der Waals surface area contributed by atoms with Gasteiger partial charge in [0.2, 0.25) is 0 Å². The normalized spacial score (nSPS) is 16.4. The lowest BCUT2D eigenvalue weighted by atomic mass is 9.86. The van der Waals surface area contributed by atoms with E-state index in [2.05, 4.69) is 5.32 Å². The largest absolute Gasteiger partial charge is 0.481 e. The maximum atomic E-state index is 12.2. The highest BCUT2D eigenvalue weighted by Gasteiger charge is 2.30. The first-order valence-electron chi connectivity index (χ1n) is 7.74. The Labute approximate surface area is 139 Å². The van der Waals surface area contributed by atoms with E-state index in [0.29, 0.717) is 31.6 Å². The first-order chi connectivity index (χ1) is 11.4. The molecule has 0 spiro atoms. The van der Waals surface area contributed by atoms with Crippen LogP contribution < -0.4 is 5.32 Å². The predicted molar refractivity (Wildman–Crippen MR) is 84.8 cm³/mol. The monoisotopic (exact) mass is 336 g/mol. The van der Waals surface area contributed by atoms with Crippen LogP contribution in [0.4, 0.5) is 5.69 Å². The molecule has 1 aliphatic rings. The van der Waals surface area contributed by atoms with Crippen LogP contribution in [0.1, 0.15) is 28.8 Å². The minimum atomic E-state index is -0.943. The molecule has 24 heavy (non-hydrogen) atoms. The molecule has 1 aromatic rings. The molecule has 0 bridgehead atoms. The van der Waals surface area contributed by atoms with Crippen molar-refractivity contribution in [1.82, 2.24) is 5.32 Å². The predicted octanol–water partition coefficient (Wildman–Crippen LogP) is 1.76. The summed E-state index contributed by atoms with van der Waals surface area (Å²) in [6.45, 7) is 2.64. The van der Waals surface area contributed by atoms with E-state index in [0.717, 1.165) is 0 Å². The molecular weight excluding hydrogens is 316 g/mol. The highest BCUT2D eigenvalue weighted by molar-refractivity contribution is 5.95. The van der Waals surface area contributed by atoms with Gasteiger partial charge in [-0.3, -0.25) is 19.7 Å². The number of aliphatic carboxylic acids is 1. The Balaban J connectivity index is 2.01. The quantitative estimate of drug-likeness (QED) is 0.603. The highest BCUT2D eigenvalue weighted by atomic mass is 16.6. The molecule has 1 fully saturated rings. The first kappa shape index (κ1) is 17.9. The number of nitrogens with one attached hydrogen (secondary N) is 1. The summed E-state index contributed by atoms with van der Waals surface area (Å²) >= 11 is 0. The number of benzene rings is 1. The van der Waals surface area contributed by atoms with Gasteiger partial charge in [0.1, 0.15) is 0 Å². The van der Waals surface area contributed by atoms with E-state index in [1.165, 1.54) is 18.2 Å². The Hall–Kier alpha value is -2.48. The fraction of sp³-hybridized carbons (Fsp3) is 0.500. The molecule has 130 valence electrons. The van der Waals surface area contributed by atoms with Crippen molar-refractivity contribution in [1.29, 1.82) is 0 Å². The molecule has 1 aliphatic heterocycles. The van der Waals surface area contributed by atoms with E-state index in [4.69, 9.17) is 4.74 Å². The zero-order valence-corrected chi connectivity index (χ0v) is 13.4. The van der Waals surface area contributed by atoms with Gasteiger partial charge >= 0.3 is 5.97 Å². The van der Waals surface area contributed by atoms with E-state index in [1.54, 1.807) is 6.92 Å². The second kappa shape index (κ2) is 7.87. The fourth-order valence-corrected chi connectivity index (χ4v) is 2.88. The number of amides is 1. The van der Waals surface area contributed by atoms with E-state index in [1.807, 2.05) is 0 Å². The summed E-state index contributed by atoms with van der Waals surface area (Å²) in [7, 11) is 0. The molecule has 1 heterocycles. The average molecular weight is 336 g/mol. The van der Waals surface area contributed by atoms with Crippen LogP contribution in [0.2, 0.25) is 0 Å². The maximum absolute atomic E-state index is 12.2. The third-order valence-electron chi connectivity index (χ3n) is 4.29. The maximum Gasteiger partial charge on any atom is 0.308 e. The average Bonchev–Trinajstić information content (AvgIpc) is 2.55. The van der Waals surface area contributed by atoms with Crippen LogP contribution in [0, 0.1) is 28.9 Å². The molecule has 1 unspecified atom stereocenters. The number of carbonyl (C=O) groups excluding carboxylic acids is 1. The van der Waals surface area contributed by atoms with E-state index >= 15 is 0 Å². The molecule has 1 saturated heterocycles. The van der Waals surface area contributed by atoms with Crippen LogP contribution >= 0.6 is 0 Å². The van der Waals surface area contributed by atoms with Crippen molar-refractivity contribution in [3.05, 3.63) is 39.4 Å². The molecule has 1 aromatic carbocycles.